The van der Waals surface area contributed by atoms with Gasteiger partial charge in [0.05, 0.1) is 0 Å². The fraction of sp³-hybridized carbons (Fsp3) is 0.438. The van der Waals surface area contributed by atoms with E-state index in [1.807, 2.05) is 37.1 Å². The van der Waals surface area contributed by atoms with E-state index in [1.165, 1.54) is 0 Å². The highest BCUT2D eigenvalue weighted by atomic mass is 35.5. The number of benzene rings is 1. The van der Waals surface area contributed by atoms with Gasteiger partial charge >= 0.3 is 0 Å². The van der Waals surface area contributed by atoms with Gasteiger partial charge in [-0.1, -0.05) is 36.4 Å². The molecule has 1 saturated heterocycles. The molecule has 1 amide bonds. The van der Waals surface area contributed by atoms with Gasteiger partial charge in [-0.15, -0.1) is 0 Å². The minimum absolute atomic E-state index is 0.0472. The van der Waals surface area contributed by atoms with Crippen molar-refractivity contribution >= 4 is 17.5 Å². The Balaban J connectivity index is 1.98. The number of allylic oxidation sites excluding steroid dienone is 1. The first-order valence-electron chi connectivity index (χ1n) is 6.93. The number of piperidine rings is 1. The number of carbonyl (C=O) groups is 1. The molecule has 1 unspecified atom stereocenters. The number of likely N-dealkylation sites (N-methyl/N-ethyl adjacent to an activating group) is 1. The molecule has 0 saturated carbocycles. The van der Waals surface area contributed by atoms with Gasteiger partial charge in [0.1, 0.15) is 6.04 Å². The van der Waals surface area contributed by atoms with E-state index in [2.05, 4.69) is 11.9 Å². The van der Waals surface area contributed by atoms with E-state index in [0.717, 1.165) is 41.1 Å². The van der Waals surface area contributed by atoms with Crippen LogP contribution in [-0.2, 0) is 11.3 Å². The van der Waals surface area contributed by atoms with Gasteiger partial charge in [-0.3, -0.25) is 4.79 Å². The van der Waals surface area contributed by atoms with E-state index in [0.29, 0.717) is 6.54 Å². The SMILES string of the molecule is C=C1CCCC(C(=O)NCc2cccc(C)c2Cl)N1C. The van der Waals surface area contributed by atoms with Gasteiger partial charge in [0.25, 0.3) is 0 Å². The highest BCUT2D eigenvalue weighted by Gasteiger charge is 2.27. The molecule has 1 atom stereocenters. The molecule has 0 spiro atoms. The van der Waals surface area contributed by atoms with Crippen molar-refractivity contribution < 1.29 is 4.79 Å². The van der Waals surface area contributed by atoms with Crippen molar-refractivity contribution in [1.82, 2.24) is 10.2 Å². The molecular formula is C16H21ClN2O. The van der Waals surface area contributed by atoms with E-state index in [9.17, 15) is 4.79 Å². The van der Waals surface area contributed by atoms with Gasteiger partial charge in [0.2, 0.25) is 5.91 Å². The largest absolute Gasteiger partial charge is 0.367 e. The van der Waals surface area contributed by atoms with E-state index in [4.69, 9.17) is 11.6 Å². The number of nitrogens with one attached hydrogen (secondary N) is 1. The van der Waals surface area contributed by atoms with Crippen LogP contribution in [0.4, 0.5) is 0 Å². The lowest BCUT2D eigenvalue weighted by Crippen LogP contribution is -2.46. The highest BCUT2D eigenvalue weighted by molar-refractivity contribution is 6.32. The summed E-state index contributed by atoms with van der Waals surface area (Å²) in [7, 11) is 1.94. The maximum atomic E-state index is 12.3. The third-order valence-electron chi connectivity index (χ3n) is 3.94. The van der Waals surface area contributed by atoms with Crippen molar-refractivity contribution in [3.63, 3.8) is 0 Å². The minimum atomic E-state index is -0.111. The van der Waals surface area contributed by atoms with Gasteiger partial charge in [-0.25, -0.2) is 0 Å². The molecule has 0 bridgehead atoms. The molecule has 1 N–H and O–H groups in total. The van der Waals surface area contributed by atoms with Crippen LogP contribution >= 0.6 is 11.6 Å². The predicted molar refractivity (Wildman–Crippen MR) is 82.6 cm³/mol. The van der Waals surface area contributed by atoms with Crippen molar-refractivity contribution in [2.24, 2.45) is 0 Å². The standard InChI is InChI=1S/C16H21ClN2O/c1-11-6-4-8-13(15(11)17)10-18-16(20)14-9-5-7-12(2)19(14)3/h4,6,8,14H,2,5,7,9-10H2,1,3H3,(H,18,20). The molecule has 108 valence electrons. The summed E-state index contributed by atoms with van der Waals surface area (Å²) in [6.07, 6.45) is 2.87. The van der Waals surface area contributed by atoms with Gasteiger partial charge in [-0.05, 0) is 37.3 Å². The summed E-state index contributed by atoms with van der Waals surface area (Å²) in [5, 5.41) is 3.71. The Morgan fingerprint density at radius 1 is 1.55 bits per heavy atom. The summed E-state index contributed by atoms with van der Waals surface area (Å²) in [5.41, 5.74) is 3.02. The van der Waals surface area contributed by atoms with Crippen LogP contribution in [0.2, 0.25) is 5.02 Å². The van der Waals surface area contributed by atoms with Crippen molar-refractivity contribution in [3.05, 3.63) is 46.6 Å². The topological polar surface area (TPSA) is 32.3 Å². The Bertz CT molecular complexity index is 527. The van der Waals surface area contributed by atoms with Crippen molar-refractivity contribution in [1.29, 1.82) is 0 Å². The second-order valence-electron chi connectivity index (χ2n) is 5.35. The molecule has 0 radical (unpaired) electrons. The molecule has 0 aliphatic carbocycles. The molecule has 1 aromatic carbocycles. The van der Waals surface area contributed by atoms with Crippen LogP contribution in [0.1, 0.15) is 30.4 Å². The minimum Gasteiger partial charge on any atom is -0.367 e. The lowest BCUT2D eigenvalue weighted by atomic mass is 10.00. The van der Waals surface area contributed by atoms with Crippen LogP contribution < -0.4 is 5.32 Å². The molecule has 4 heteroatoms. The Morgan fingerprint density at radius 2 is 2.30 bits per heavy atom. The zero-order valence-corrected chi connectivity index (χ0v) is 12.8. The Morgan fingerprint density at radius 3 is 3.05 bits per heavy atom. The molecule has 1 fully saturated rings. The van der Waals surface area contributed by atoms with Gasteiger partial charge in [0, 0.05) is 24.3 Å². The average Bonchev–Trinajstić information content (AvgIpc) is 2.43. The first-order chi connectivity index (χ1) is 9.50. The van der Waals surface area contributed by atoms with E-state index >= 15 is 0 Å². The third kappa shape index (κ3) is 3.15. The molecule has 0 aromatic heterocycles. The van der Waals surface area contributed by atoms with Crippen molar-refractivity contribution in [3.8, 4) is 0 Å². The van der Waals surface area contributed by atoms with Gasteiger partial charge in [-0.2, -0.15) is 0 Å². The Kier molecular flexibility index (Phi) is 4.71. The number of carbonyl (C=O) groups excluding carboxylic acids is 1. The summed E-state index contributed by atoms with van der Waals surface area (Å²) in [5.74, 6) is 0.0472. The number of nitrogens with zero attached hydrogens (tertiary/aromatic N) is 1. The lowest BCUT2D eigenvalue weighted by molar-refractivity contribution is -0.126. The number of halogens is 1. The molecular weight excluding hydrogens is 272 g/mol. The quantitative estimate of drug-likeness (QED) is 0.927. The number of likely N-dealkylation sites (tertiary alicyclic amines) is 1. The molecule has 20 heavy (non-hydrogen) atoms. The first kappa shape index (κ1) is 14.9. The highest BCUT2D eigenvalue weighted by Crippen LogP contribution is 2.23. The van der Waals surface area contributed by atoms with Crippen LogP contribution in [0.3, 0.4) is 0 Å². The van der Waals surface area contributed by atoms with Crippen LogP contribution in [-0.4, -0.2) is 23.9 Å². The van der Waals surface area contributed by atoms with Crippen LogP contribution in [0.15, 0.2) is 30.5 Å². The van der Waals surface area contributed by atoms with Gasteiger partial charge < -0.3 is 10.2 Å². The Labute approximate surface area is 125 Å². The van der Waals surface area contributed by atoms with E-state index in [-0.39, 0.29) is 11.9 Å². The van der Waals surface area contributed by atoms with E-state index < -0.39 is 0 Å². The fourth-order valence-corrected chi connectivity index (χ4v) is 2.73. The average molecular weight is 293 g/mol. The molecule has 1 heterocycles. The monoisotopic (exact) mass is 292 g/mol. The van der Waals surface area contributed by atoms with Crippen LogP contribution in [0, 0.1) is 6.92 Å². The molecule has 2 rings (SSSR count). The smallest absolute Gasteiger partial charge is 0.242 e. The zero-order valence-electron chi connectivity index (χ0n) is 12.1. The van der Waals surface area contributed by atoms with Gasteiger partial charge in [0.15, 0.2) is 0 Å². The molecule has 1 aromatic rings. The van der Waals surface area contributed by atoms with Crippen LogP contribution in [0.25, 0.3) is 0 Å². The maximum Gasteiger partial charge on any atom is 0.242 e. The summed E-state index contributed by atoms with van der Waals surface area (Å²) in [4.78, 5) is 14.3. The van der Waals surface area contributed by atoms with Crippen LogP contribution in [0.5, 0.6) is 0 Å². The first-order valence-corrected chi connectivity index (χ1v) is 7.31. The molecule has 3 nitrogen and oxygen atoms in total. The number of hydrogen-bond acceptors (Lipinski definition) is 2. The molecule has 1 aliphatic heterocycles. The van der Waals surface area contributed by atoms with Crippen molar-refractivity contribution in [2.75, 3.05) is 7.05 Å². The molecule has 1 aliphatic rings. The number of aryl methyl sites for hydroxylation is 1. The summed E-state index contributed by atoms with van der Waals surface area (Å²) < 4.78 is 0. The maximum absolute atomic E-state index is 12.3. The third-order valence-corrected chi connectivity index (χ3v) is 4.48. The number of amides is 1. The predicted octanol–water partition coefficient (Wildman–Crippen LogP) is 3.26. The number of rotatable bonds is 3. The normalized spacial score (nSPS) is 19.1. The number of hydrogen-bond donors (Lipinski definition) is 1. The zero-order chi connectivity index (χ0) is 14.7. The summed E-state index contributed by atoms with van der Waals surface area (Å²) >= 11 is 6.24. The Hall–Kier alpha value is -1.48. The summed E-state index contributed by atoms with van der Waals surface area (Å²) in [6, 6.07) is 5.75. The second-order valence-corrected chi connectivity index (χ2v) is 5.73. The second kappa shape index (κ2) is 6.31. The fourth-order valence-electron chi connectivity index (χ4n) is 2.54. The summed E-state index contributed by atoms with van der Waals surface area (Å²) in [6.45, 7) is 6.43. The lowest BCUT2D eigenvalue weighted by Gasteiger charge is -2.34. The van der Waals surface area contributed by atoms with Crippen molar-refractivity contribution in [2.45, 2.75) is 38.8 Å². The van der Waals surface area contributed by atoms with E-state index in [1.54, 1.807) is 0 Å².